The van der Waals surface area contributed by atoms with Crippen molar-refractivity contribution in [1.82, 2.24) is 4.90 Å². The van der Waals surface area contributed by atoms with Crippen LogP contribution in [0.5, 0.6) is 0 Å². The number of aliphatic hydroxyl groups excluding tert-OH is 1. The number of hydrogen-bond acceptors (Lipinski definition) is 2. The van der Waals surface area contributed by atoms with Crippen LogP contribution in [0, 0.1) is 5.92 Å². The van der Waals surface area contributed by atoms with Gasteiger partial charge < -0.3 is 10.0 Å². The minimum absolute atomic E-state index is 0.192. The summed E-state index contributed by atoms with van der Waals surface area (Å²) in [5.74, 6) is 0.398. The normalized spacial score (nSPS) is 15.9. The molecule has 1 aliphatic heterocycles. The summed E-state index contributed by atoms with van der Waals surface area (Å²) in [6, 6.07) is 6.06. The minimum Gasteiger partial charge on any atom is -0.388 e. The minimum atomic E-state index is -0.425. The molecule has 1 N–H and O–H groups in total. The van der Waals surface area contributed by atoms with E-state index in [2.05, 4.69) is 0 Å². The van der Waals surface area contributed by atoms with Crippen molar-refractivity contribution in [3.8, 4) is 0 Å². The highest BCUT2D eigenvalue weighted by Crippen LogP contribution is 2.28. The molecule has 0 saturated carbocycles. The lowest BCUT2D eigenvalue weighted by Gasteiger charge is -2.15. The summed E-state index contributed by atoms with van der Waals surface area (Å²) in [4.78, 5) is 13.6. The summed E-state index contributed by atoms with van der Waals surface area (Å²) in [6.45, 7) is 7.29. The van der Waals surface area contributed by atoms with Crippen molar-refractivity contribution in [2.75, 3.05) is 0 Å². The average molecular weight is 247 g/mol. The lowest BCUT2D eigenvalue weighted by molar-refractivity contribution is -0.131. The molecule has 1 aromatic carbocycles. The number of aliphatic hydroxyl groups is 1. The van der Waals surface area contributed by atoms with E-state index in [0.717, 1.165) is 5.56 Å². The van der Waals surface area contributed by atoms with Gasteiger partial charge in [0.05, 0.1) is 6.10 Å². The third kappa shape index (κ3) is 2.41. The first-order chi connectivity index (χ1) is 8.52. The van der Waals surface area contributed by atoms with Crippen LogP contribution in [0.1, 0.15) is 50.0 Å². The monoisotopic (exact) mass is 247 g/mol. The topological polar surface area (TPSA) is 40.5 Å². The molecule has 0 bridgehead atoms. The maximum Gasteiger partial charge on any atom is 0.222 e. The molecular weight excluding hydrogens is 226 g/mol. The predicted molar refractivity (Wildman–Crippen MR) is 70.8 cm³/mol. The molecule has 0 radical (unpaired) electrons. The Morgan fingerprint density at radius 1 is 1.33 bits per heavy atom. The molecule has 0 fully saturated rings. The molecule has 98 valence electrons. The summed E-state index contributed by atoms with van der Waals surface area (Å²) >= 11 is 0. The fraction of sp³-hybridized carbons (Fsp3) is 0.533. The van der Waals surface area contributed by atoms with E-state index >= 15 is 0 Å². The Balaban J connectivity index is 2.19. The molecule has 3 heteroatoms. The predicted octanol–water partition coefficient (Wildman–Crippen LogP) is 2.63. The first-order valence-electron chi connectivity index (χ1n) is 6.60. The van der Waals surface area contributed by atoms with Crippen LogP contribution in [0.15, 0.2) is 18.2 Å². The van der Waals surface area contributed by atoms with Crippen LogP contribution >= 0.6 is 0 Å². The van der Waals surface area contributed by atoms with E-state index in [1.807, 2.05) is 43.9 Å². The third-order valence-electron chi connectivity index (χ3n) is 3.58. The average Bonchev–Trinajstić information content (AvgIpc) is 2.79. The van der Waals surface area contributed by atoms with Crippen molar-refractivity contribution in [2.45, 2.75) is 46.4 Å². The highest BCUT2D eigenvalue weighted by atomic mass is 16.3. The second-order valence-electron chi connectivity index (χ2n) is 5.32. The van der Waals surface area contributed by atoms with Gasteiger partial charge in [0, 0.05) is 19.5 Å². The van der Waals surface area contributed by atoms with Gasteiger partial charge in [0.25, 0.3) is 0 Å². The van der Waals surface area contributed by atoms with Crippen LogP contribution in [0.2, 0.25) is 0 Å². The summed E-state index contributed by atoms with van der Waals surface area (Å²) < 4.78 is 0. The molecule has 1 aliphatic rings. The zero-order chi connectivity index (χ0) is 13.3. The molecular formula is C15H21NO2. The lowest BCUT2D eigenvalue weighted by atomic mass is 9.96. The van der Waals surface area contributed by atoms with Crippen LogP contribution < -0.4 is 0 Å². The van der Waals surface area contributed by atoms with Gasteiger partial charge in [-0.1, -0.05) is 39.0 Å². The number of nitrogens with zero attached hydrogens (tertiary/aromatic N) is 1. The van der Waals surface area contributed by atoms with Crippen molar-refractivity contribution in [2.24, 2.45) is 5.92 Å². The van der Waals surface area contributed by atoms with Gasteiger partial charge in [-0.3, -0.25) is 4.79 Å². The lowest BCUT2D eigenvalue weighted by Crippen LogP contribution is -2.23. The Morgan fingerprint density at radius 3 is 2.61 bits per heavy atom. The summed E-state index contributed by atoms with van der Waals surface area (Å²) in [5.41, 5.74) is 3.33. The maximum absolute atomic E-state index is 11.7. The van der Waals surface area contributed by atoms with Crippen molar-refractivity contribution < 1.29 is 9.90 Å². The summed E-state index contributed by atoms with van der Waals surface area (Å²) in [6.07, 6.45) is 0.126. The fourth-order valence-corrected chi connectivity index (χ4v) is 2.38. The fourth-order valence-electron chi connectivity index (χ4n) is 2.38. The van der Waals surface area contributed by atoms with E-state index in [1.54, 1.807) is 0 Å². The smallest absolute Gasteiger partial charge is 0.222 e. The molecule has 0 spiro atoms. The highest BCUT2D eigenvalue weighted by molar-refractivity contribution is 5.76. The molecule has 0 saturated heterocycles. The first-order valence-corrected chi connectivity index (χ1v) is 6.60. The SMILES string of the molecule is CCC(=O)N1Cc2ccc(C(O)C(C)C)cc2C1. The number of hydrogen-bond donors (Lipinski definition) is 1. The zero-order valence-electron chi connectivity index (χ0n) is 11.3. The van der Waals surface area contributed by atoms with Gasteiger partial charge >= 0.3 is 0 Å². The third-order valence-corrected chi connectivity index (χ3v) is 3.58. The molecule has 0 aliphatic carbocycles. The van der Waals surface area contributed by atoms with Crippen LogP contribution in [-0.2, 0) is 17.9 Å². The number of fused-ring (bicyclic) bond motifs is 1. The van der Waals surface area contributed by atoms with Gasteiger partial charge in [0.1, 0.15) is 0 Å². The van der Waals surface area contributed by atoms with Crippen LogP contribution in [0.25, 0.3) is 0 Å². The summed E-state index contributed by atoms with van der Waals surface area (Å²) in [7, 11) is 0. The Hall–Kier alpha value is -1.35. The van der Waals surface area contributed by atoms with Crippen LogP contribution in [0.4, 0.5) is 0 Å². The largest absolute Gasteiger partial charge is 0.388 e. The number of benzene rings is 1. The number of rotatable bonds is 3. The Bertz CT molecular complexity index is 454. The van der Waals surface area contributed by atoms with E-state index in [4.69, 9.17) is 0 Å². The standard InChI is InChI=1S/C15H21NO2/c1-4-14(17)16-8-12-6-5-11(7-13(12)9-16)15(18)10(2)3/h5-7,10,15,18H,4,8-9H2,1-3H3. The van der Waals surface area contributed by atoms with Crippen molar-refractivity contribution in [3.63, 3.8) is 0 Å². The van der Waals surface area contributed by atoms with Crippen molar-refractivity contribution in [1.29, 1.82) is 0 Å². The molecule has 18 heavy (non-hydrogen) atoms. The second kappa shape index (κ2) is 5.11. The van der Waals surface area contributed by atoms with Crippen molar-refractivity contribution in [3.05, 3.63) is 34.9 Å². The quantitative estimate of drug-likeness (QED) is 0.892. The van der Waals surface area contributed by atoms with Crippen molar-refractivity contribution >= 4 is 5.91 Å². The molecule has 2 rings (SSSR count). The second-order valence-corrected chi connectivity index (χ2v) is 5.32. The van der Waals surface area contributed by atoms with Gasteiger partial charge in [-0.25, -0.2) is 0 Å². The molecule has 1 atom stereocenters. The molecule has 0 aromatic heterocycles. The molecule has 1 heterocycles. The zero-order valence-corrected chi connectivity index (χ0v) is 11.3. The molecule has 1 aromatic rings. The van der Waals surface area contributed by atoms with Gasteiger partial charge in [-0.05, 0) is 22.6 Å². The Labute approximate surface area is 108 Å². The molecule has 1 amide bonds. The van der Waals surface area contributed by atoms with Crippen LogP contribution in [0.3, 0.4) is 0 Å². The number of amides is 1. The van der Waals surface area contributed by atoms with Crippen LogP contribution in [-0.4, -0.2) is 15.9 Å². The van der Waals surface area contributed by atoms with E-state index in [9.17, 15) is 9.90 Å². The molecule has 3 nitrogen and oxygen atoms in total. The maximum atomic E-state index is 11.7. The van der Waals surface area contributed by atoms with E-state index in [0.29, 0.717) is 19.5 Å². The van der Waals surface area contributed by atoms with Gasteiger partial charge in [0.2, 0.25) is 5.91 Å². The highest BCUT2D eigenvalue weighted by Gasteiger charge is 2.23. The van der Waals surface area contributed by atoms with E-state index in [1.165, 1.54) is 11.1 Å². The number of carbonyl (C=O) groups excluding carboxylic acids is 1. The first kappa shape index (κ1) is 13.1. The van der Waals surface area contributed by atoms with E-state index in [-0.39, 0.29) is 11.8 Å². The van der Waals surface area contributed by atoms with Gasteiger partial charge in [0.15, 0.2) is 0 Å². The number of carbonyl (C=O) groups is 1. The summed E-state index contributed by atoms with van der Waals surface area (Å²) in [5, 5.41) is 10.1. The molecule has 1 unspecified atom stereocenters. The van der Waals surface area contributed by atoms with E-state index < -0.39 is 6.10 Å². The van der Waals surface area contributed by atoms with Gasteiger partial charge in [-0.2, -0.15) is 0 Å². The van der Waals surface area contributed by atoms with Gasteiger partial charge in [-0.15, -0.1) is 0 Å². The Kier molecular flexibility index (Phi) is 3.71. The Morgan fingerprint density at radius 2 is 2.00 bits per heavy atom.